The molecule has 4 aliphatic carbocycles. The number of amides is 1. The van der Waals surface area contributed by atoms with Gasteiger partial charge in [-0.15, -0.1) is 0 Å². The molecule has 3 aromatic rings. The van der Waals surface area contributed by atoms with Gasteiger partial charge in [-0.05, 0) is 124 Å². The number of benzene rings is 2. The highest BCUT2D eigenvalue weighted by atomic mass is 35.5. The van der Waals surface area contributed by atoms with Crippen LogP contribution < -0.4 is 5.32 Å². The molecule has 194 valence electrons. The van der Waals surface area contributed by atoms with Gasteiger partial charge in [-0.1, -0.05) is 35.3 Å². The number of hydrogen-bond acceptors (Lipinski definition) is 2. The Morgan fingerprint density at radius 2 is 1.59 bits per heavy atom. The second-order valence-corrected chi connectivity index (χ2v) is 12.5. The van der Waals surface area contributed by atoms with Crippen LogP contribution in [0.15, 0.2) is 42.5 Å². The topological polar surface area (TPSA) is 46.9 Å². The Hall–Kier alpha value is -2.30. The lowest BCUT2D eigenvalue weighted by molar-refractivity contribution is -0.0401. The number of carbonyl (C=O) groups is 1. The molecule has 4 bridgehead atoms. The van der Waals surface area contributed by atoms with Crippen molar-refractivity contribution in [3.63, 3.8) is 0 Å². The zero-order valence-electron chi connectivity index (χ0n) is 21.6. The van der Waals surface area contributed by atoms with Crippen molar-refractivity contribution in [3.05, 3.63) is 69.3 Å². The number of aryl methyl sites for hydroxylation is 1. The van der Waals surface area contributed by atoms with E-state index in [2.05, 4.69) is 5.32 Å². The van der Waals surface area contributed by atoms with Gasteiger partial charge < -0.3 is 5.32 Å². The molecule has 1 aromatic heterocycles. The van der Waals surface area contributed by atoms with Crippen LogP contribution in [0.1, 0.15) is 66.6 Å². The highest BCUT2D eigenvalue weighted by molar-refractivity contribution is 6.31. The predicted octanol–water partition coefficient (Wildman–Crippen LogP) is 8.05. The number of aromatic nitrogens is 2. The maximum absolute atomic E-state index is 13.4. The van der Waals surface area contributed by atoms with Gasteiger partial charge in [0.15, 0.2) is 5.69 Å². The Balaban J connectivity index is 1.19. The summed E-state index contributed by atoms with van der Waals surface area (Å²) in [7, 11) is 0. The van der Waals surface area contributed by atoms with Crippen LogP contribution in [0.2, 0.25) is 10.0 Å². The third-order valence-corrected chi connectivity index (χ3v) is 9.75. The van der Waals surface area contributed by atoms with E-state index in [1.807, 2.05) is 61.0 Å². The standard InChI is InChI=1S/C31H35Cl2N3O/c1-18-12-26(33)9-10-28(18)36-30(22-5-7-25(32)8-6-22)19(2)29(35-36)31(37)34-11-3-4-27-23-14-20-13-21(16-23)17-24(27)15-20/h5-10,12,20-21,23-24,27H,3-4,11,13-17H2,1-2H3,(H,34,37). The van der Waals surface area contributed by atoms with E-state index in [9.17, 15) is 4.79 Å². The summed E-state index contributed by atoms with van der Waals surface area (Å²) >= 11 is 12.4. The van der Waals surface area contributed by atoms with E-state index < -0.39 is 0 Å². The zero-order valence-corrected chi connectivity index (χ0v) is 23.2. The normalized spacial score (nSPS) is 26.0. The molecular weight excluding hydrogens is 501 g/mol. The Labute approximate surface area is 229 Å². The lowest BCUT2D eigenvalue weighted by Gasteiger charge is -2.54. The van der Waals surface area contributed by atoms with Crippen LogP contribution in [-0.2, 0) is 0 Å². The minimum absolute atomic E-state index is 0.108. The summed E-state index contributed by atoms with van der Waals surface area (Å²) in [6.07, 6.45) is 9.60. The molecule has 0 saturated heterocycles. The highest BCUT2D eigenvalue weighted by Crippen LogP contribution is 2.57. The van der Waals surface area contributed by atoms with Gasteiger partial charge in [0.1, 0.15) is 0 Å². The van der Waals surface area contributed by atoms with E-state index in [1.165, 1.54) is 38.5 Å². The van der Waals surface area contributed by atoms with Crippen LogP contribution in [0.5, 0.6) is 0 Å². The number of nitrogens with zero attached hydrogens (tertiary/aromatic N) is 2. The molecule has 4 saturated carbocycles. The first kappa shape index (κ1) is 25.0. The Bertz CT molecular complexity index is 1280. The lowest BCUT2D eigenvalue weighted by atomic mass is 9.51. The zero-order chi connectivity index (χ0) is 25.7. The first-order chi connectivity index (χ1) is 17.9. The van der Waals surface area contributed by atoms with Crippen LogP contribution in [0.3, 0.4) is 0 Å². The molecule has 4 aliphatic rings. The molecule has 4 fully saturated rings. The SMILES string of the molecule is Cc1cc(Cl)ccc1-n1nc(C(=O)NCCCC2C3CC4CC(C3)CC2C4)c(C)c1-c1ccc(Cl)cc1. The first-order valence-electron chi connectivity index (χ1n) is 13.8. The maximum atomic E-state index is 13.4. The molecule has 1 N–H and O–H groups in total. The summed E-state index contributed by atoms with van der Waals surface area (Å²) < 4.78 is 1.87. The second kappa shape index (κ2) is 10.1. The van der Waals surface area contributed by atoms with Gasteiger partial charge in [-0.3, -0.25) is 4.79 Å². The van der Waals surface area contributed by atoms with Gasteiger partial charge in [0.25, 0.3) is 5.91 Å². The summed E-state index contributed by atoms with van der Waals surface area (Å²) in [5.41, 5.74) is 5.07. The number of halogens is 2. The van der Waals surface area contributed by atoms with Gasteiger partial charge in [-0.2, -0.15) is 5.10 Å². The van der Waals surface area contributed by atoms with Crippen LogP contribution in [-0.4, -0.2) is 22.2 Å². The van der Waals surface area contributed by atoms with Crippen molar-refractivity contribution >= 4 is 29.1 Å². The second-order valence-electron chi connectivity index (χ2n) is 11.7. The first-order valence-corrected chi connectivity index (χ1v) is 14.5. The van der Waals surface area contributed by atoms with E-state index in [-0.39, 0.29) is 5.91 Å². The van der Waals surface area contributed by atoms with Crippen LogP contribution in [0, 0.1) is 43.4 Å². The molecular formula is C31H35Cl2N3O. The molecule has 1 heterocycles. The van der Waals surface area contributed by atoms with Crippen molar-refractivity contribution in [2.75, 3.05) is 6.54 Å². The fourth-order valence-corrected chi connectivity index (χ4v) is 8.17. The number of hydrogen-bond donors (Lipinski definition) is 1. The summed E-state index contributed by atoms with van der Waals surface area (Å²) in [6.45, 7) is 4.68. The largest absolute Gasteiger partial charge is 0.351 e. The molecule has 0 unspecified atom stereocenters. The summed E-state index contributed by atoms with van der Waals surface area (Å²) in [5.74, 6) is 4.66. The average molecular weight is 537 g/mol. The number of rotatable bonds is 7. The molecule has 0 atom stereocenters. The fraction of sp³-hybridized carbons (Fsp3) is 0.484. The van der Waals surface area contributed by atoms with Gasteiger partial charge in [0.05, 0.1) is 11.4 Å². The van der Waals surface area contributed by atoms with Crippen molar-refractivity contribution in [2.45, 2.75) is 58.8 Å². The summed E-state index contributed by atoms with van der Waals surface area (Å²) in [4.78, 5) is 13.4. The smallest absolute Gasteiger partial charge is 0.272 e. The van der Waals surface area contributed by atoms with Crippen LogP contribution in [0.25, 0.3) is 16.9 Å². The van der Waals surface area contributed by atoms with Crippen molar-refractivity contribution in [1.29, 1.82) is 0 Å². The van der Waals surface area contributed by atoms with Gasteiger partial charge >= 0.3 is 0 Å². The minimum atomic E-state index is -0.108. The Kier molecular flexibility index (Phi) is 6.83. The summed E-state index contributed by atoms with van der Waals surface area (Å²) in [5, 5.41) is 9.36. The van der Waals surface area contributed by atoms with Crippen LogP contribution >= 0.6 is 23.2 Å². The molecule has 0 spiro atoms. The van der Waals surface area contributed by atoms with Gasteiger partial charge in [0, 0.05) is 27.7 Å². The van der Waals surface area contributed by atoms with Crippen molar-refractivity contribution in [3.8, 4) is 16.9 Å². The third kappa shape index (κ3) is 4.83. The van der Waals surface area contributed by atoms with Crippen LogP contribution in [0.4, 0.5) is 0 Å². The molecule has 2 aromatic carbocycles. The van der Waals surface area contributed by atoms with E-state index in [0.29, 0.717) is 22.3 Å². The number of nitrogens with one attached hydrogen (secondary N) is 1. The van der Waals surface area contributed by atoms with E-state index in [4.69, 9.17) is 28.3 Å². The molecule has 1 amide bonds. The molecule has 37 heavy (non-hydrogen) atoms. The highest BCUT2D eigenvalue weighted by Gasteiger charge is 2.47. The molecule has 0 radical (unpaired) electrons. The average Bonchev–Trinajstić information content (AvgIpc) is 3.20. The Morgan fingerprint density at radius 1 is 0.946 bits per heavy atom. The number of carbonyl (C=O) groups excluding carboxylic acids is 1. The molecule has 0 aliphatic heterocycles. The monoisotopic (exact) mass is 535 g/mol. The van der Waals surface area contributed by atoms with Gasteiger partial charge in [0.2, 0.25) is 0 Å². The fourth-order valence-electron chi connectivity index (χ4n) is 7.82. The molecule has 7 rings (SSSR count). The van der Waals surface area contributed by atoms with E-state index in [1.54, 1.807) is 0 Å². The Morgan fingerprint density at radius 3 is 2.24 bits per heavy atom. The lowest BCUT2D eigenvalue weighted by Crippen LogP contribution is -2.45. The van der Waals surface area contributed by atoms with E-state index >= 15 is 0 Å². The third-order valence-electron chi connectivity index (χ3n) is 9.26. The predicted molar refractivity (Wildman–Crippen MR) is 151 cm³/mol. The summed E-state index contributed by atoms with van der Waals surface area (Å²) in [6, 6.07) is 13.4. The molecule has 6 heteroatoms. The van der Waals surface area contributed by atoms with Crippen molar-refractivity contribution in [1.82, 2.24) is 15.1 Å². The molecule has 4 nitrogen and oxygen atoms in total. The maximum Gasteiger partial charge on any atom is 0.272 e. The minimum Gasteiger partial charge on any atom is -0.351 e. The van der Waals surface area contributed by atoms with Crippen molar-refractivity contribution in [2.24, 2.45) is 29.6 Å². The van der Waals surface area contributed by atoms with Gasteiger partial charge in [-0.25, -0.2) is 4.68 Å². The quantitative estimate of drug-likeness (QED) is 0.311. The van der Waals surface area contributed by atoms with Crippen molar-refractivity contribution < 1.29 is 4.79 Å². The van der Waals surface area contributed by atoms with E-state index in [0.717, 1.165) is 64.1 Å².